The number of morpholine rings is 1. The lowest BCUT2D eigenvalue weighted by Gasteiger charge is -2.31. The Kier molecular flexibility index (Phi) is 7.04. The van der Waals surface area contributed by atoms with Crippen molar-refractivity contribution in [2.24, 2.45) is 0 Å². The van der Waals surface area contributed by atoms with Gasteiger partial charge >= 0.3 is 0 Å². The van der Waals surface area contributed by atoms with Crippen LogP contribution in [0, 0.1) is 6.92 Å². The van der Waals surface area contributed by atoms with Gasteiger partial charge in [0.2, 0.25) is 10.0 Å². The number of hydrogen-bond donors (Lipinski definition) is 0. The molecule has 166 valence electrons. The third-order valence-corrected chi connectivity index (χ3v) is 9.24. The predicted molar refractivity (Wildman–Crippen MR) is 116 cm³/mol. The van der Waals surface area contributed by atoms with Gasteiger partial charge in [0.05, 0.1) is 24.2 Å². The summed E-state index contributed by atoms with van der Waals surface area (Å²) in [6.45, 7) is 4.56. The van der Waals surface area contributed by atoms with Gasteiger partial charge in [-0.3, -0.25) is 4.79 Å². The maximum atomic E-state index is 13.5. The molecule has 0 bridgehead atoms. The molecular weight excluding hydrogens is 424 g/mol. The van der Waals surface area contributed by atoms with E-state index in [-0.39, 0.29) is 22.9 Å². The van der Waals surface area contributed by atoms with Gasteiger partial charge in [-0.05, 0) is 49.6 Å². The summed E-state index contributed by atoms with van der Waals surface area (Å²) in [6.07, 6.45) is 3.03. The quantitative estimate of drug-likeness (QED) is 0.656. The monoisotopic (exact) mass is 454 g/mol. The SMILES string of the molecule is Cc1ccc(C(=O)N(CC2CCCO2)C2CCSC2)cc1S(=O)(=O)N1CCOCC1. The summed E-state index contributed by atoms with van der Waals surface area (Å²) in [7, 11) is -3.66. The lowest BCUT2D eigenvalue weighted by atomic mass is 10.1. The third-order valence-electron chi connectivity index (χ3n) is 6.05. The molecule has 3 aliphatic rings. The fourth-order valence-corrected chi connectivity index (χ4v) is 7.16. The number of ether oxygens (including phenoxy) is 2. The number of aryl methyl sites for hydroxylation is 1. The number of rotatable bonds is 6. The van der Waals surface area contributed by atoms with Crippen LogP contribution in [0.1, 0.15) is 35.2 Å². The van der Waals surface area contributed by atoms with Crippen LogP contribution in [0.3, 0.4) is 0 Å². The van der Waals surface area contributed by atoms with Gasteiger partial charge in [0.1, 0.15) is 0 Å². The minimum atomic E-state index is -3.66. The van der Waals surface area contributed by atoms with Gasteiger partial charge in [0.15, 0.2) is 0 Å². The maximum Gasteiger partial charge on any atom is 0.254 e. The van der Waals surface area contributed by atoms with Crippen LogP contribution in [-0.2, 0) is 19.5 Å². The second-order valence-electron chi connectivity index (χ2n) is 8.11. The molecule has 3 fully saturated rings. The molecule has 4 rings (SSSR count). The lowest BCUT2D eigenvalue weighted by Crippen LogP contribution is -2.45. The first kappa shape index (κ1) is 22.1. The summed E-state index contributed by atoms with van der Waals surface area (Å²) in [5.41, 5.74) is 1.09. The van der Waals surface area contributed by atoms with Gasteiger partial charge in [-0.2, -0.15) is 16.1 Å². The van der Waals surface area contributed by atoms with Gasteiger partial charge in [-0.25, -0.2) is 8.42 Å². The Morgan fingerprint density at radius 3 is 2.70 bits per heavy atom. The topological polar surface area (TPSA) is 76.2 Å². The van der Waals surface area contributed by atoms with Gasteiger partial charge in [0.25, 0.3) is 5.91 Å². The molecule has 1 aromatic rings. The number of benzene rings is 1. The van der Waals surface area contributed by atoms with E-state index in [1.807, 2.05) is 16.7 Å². The summed E-state index contributed by atoms with van der Waals surface area (Å²) < 4.78 is 39.0. The Morgan fingerprint density at radius 2 is 2.03 bits per heavy atom. The summed E-state index contributed by atoms with van der Waals surface area (Å²) in [6, 6.07) is 5.23. The Balaban J connectivity index is 1.61. The zero-order valence-corrected chi connectivity index (χ0v) is 19.1. The van der Waals surface area contributed by atoms with Crippen molar-refractivity contribution in [2.75, 3.05) is 51.0 Å². The van der Waals surface area contributed by atoms with E-state index in [1.165, 1.54) is 4.31 Å². The minimum absolute atomic E-state index is 0.0709. The van der Waals surface area contributed by atoms with Crippen LogP contribution in [0.25, 0.3) is 0 Å². The highest BCUT2D eigenvalue weighted by atomic mass is 32.2. The van der Waals surface area contributed by atoms with Crippen LogP contribution in [0.15, 0.2) is 23.1 Å². The van der Waals surface area contributed by atoms with Crippen LogP contribution in [-0.4, -0.2) is 86.6 Å². The van der Waals surface area contributed by atoms with Gasteiger partial charge in [-0.15, -0.1) is 0 Å². The van der Waals surface area contributed by atoms with E-state index in [0.717, 1.165) is 37.4 Å². The molecule has 3 heterocycles. The summed E-state index contributed by atoms with van der Waals surface area (Å²) in [4.78, 5) is 15.7. The number of nitrogens with zero attached hydrogens (tertiary/aromatic N) is 2. The van der Waals surface area contributed by atoms with E-state index in [4.69, 9.17) is 9.47 Å². The highest BCUT2D eigenvalue weighted by Gasteiger charge is 2.33. The van der Waals surface area contributed by atoms with E-state index in [0.29, 0.717) is 44.0 Å². The number of carbonyl (C=O) groups is 1. The van der Waals surface area contributed by atoms with Crippen molar-refractivity contribution in [3.05, 3.63) is 29.3 Å². The van der Waals surface area contributed by atoms with Crippen molar-refractivity contribution in [1.82, 2.24) is 9.21 Å². The van der Waals surface area contributed by atoms with Gasteiger partial charge < -0.3 is 14.4 Å². The van der Waals surface area contributed by atoms with E-state index < -0.39 is 10.0 Å². The smallest absolute Gasteiger partial charge is 0.254 e. The highest BCUT2D eigenvalue weighted by molar-refractivity contribution is 7.99. The molecule has 3 aliphatic heterocycles. The molecule has 1 amide bonds. The Morgan fingerprint density at radius 1 is 1.23 bits per heavy atom. The first-order valence-electron chi connectivity index (χ1n) is 10.7. The van der Waals surface area contributed by atoms with Crippen molar-refractivity contribution in [3.63, 3.8) is 0 Å². The van der Waals surface area contributed by atoms with Crippen LogP contribution < -0.4 is 0 Å². The highest BCUT2D eigenvalue weighted by Crippen LogP contribution is 2.28. The molecular formula is C21H30N2O5S2. The molecule has 30 heavy (non-hydrogen) atoms. The van der Waals surface area contributed by atoms with Crippen LogP contribution in [0.5, 0.6) is 0 Å². The molecule has 7 nitrogen and oxygen atoms in total. The van der Waals surface area contributed by atoms with Crippen LogP contribution >= 0.6 is 11.8 Å². The molecule has 3 saturated heterocycles. The second kappa shape index (κ2) is 9.56. The molecule has 0 spiro atoms. The van der Waals surface area contributed by atoms with Crippen LogP contribution in [0.4, 0.5) is 0 Å². The maximum absolute atomic E-state index is 13.5. The zero-order chi connectivity index (χ0) is 21.1. The summed E-state index contributed by atoms with van der Waals surface area (Å²) in [5.74, 6) is 1.87. The van der Waals surface area contributed by atoms with Gasteiger partial charge in [-0.1, -0.05) is 6.07 Å². The van der Waals surface area contributed by atoms with E-state index in [1.54, 1.807) is 25.1 Å². The fraction of sp³-hybridized carbons (Fsp3) is 0.667. The Labute approximate surface area is 183 Å². The lowest BCUT2D eigenvalue weighted by molar-refractivity contribution is 0.0441. The number of sulfonamides is 1. The molecule has 2 atom stereocenters. The van der Waals surface area contributed by atoms with Crippen molar-refractivity contribution >= 4 is 27.7 Å². The minimum Gasteiger partial charge on any atom is -0.379 e. The molecule has 2 unspecified atom stereocenters. The molecule has 1 aromatic carbocycles. The van der Waals surface area contributed by atoms with E-state index >= 15 is 0 Å². The molecule has 0 N–H and O–H groups in total. The molecule has 0 aromatic heterocycles. The zero-order valence-electron chi connectivity index (χ0n) is 17.4. The van der Waals surface area contributed by atoms with Crippen molar-refractivity contribution < 1.29 is 22.7 Å². The number of carbonyl (C=O) groups excluding carboxylic acids is 1. The number of hydrogen-bond acceptors (Lipinski definition) is 6. The average Bonchev–Trinajstić information content (AvgIpc) is 3.46. The van der Waals surface area contributed by atoms with Gasteiger partial charge in [0, 0.05) is 43.6 Å². The second-order valence-corrected chi connectivity index (χ2v) is 11.2. The normalized spacial score (nSPS) is 25.5. The fourth-order valence-electron chi connectivity index (χ4n) is 4.28. The summed E-state index contributed by atoms with van der Waals surface area (Å²) in [5, 5.41) is 0. The number of amides is 1. The molecule has 0 radical (unpaired) electrons. The molecule has 9 heteroatoms. The first-order valence-corrected chi connectivity index (χ1v) is 13.2. The van der Waals surface area contributed by atoms with Crippen molar-refractivity contribution in [3.8, 4) is 0 Å². The summed E-state index contributed by atoms with van der Waals surface area (Å²) >= 11 is 1.86. The van der Waals surface area contributed by atoms with Crippen molar-refractivity contribution in [1.29, 1.82) is 0 Å². The average molecular weight is 455 g/mol. The largest absolute Gasteiger partial charge is 0.379 e. The Bertz CT molecular complexity index is 858. The predicted octanol–water partition coefficient (Wildman–Crippen LogP) is 2.14. The Hall–Kier alpha value is -1.13. The first-order chi connectivity index (χ1) is 14.5. The van der Waals surface area contributed by atoms with E-state index in [2.05, 4.69) is 0 Å². The number of thioether (sulfide) groups is 1. The standard InChI is InChI=1S/C21H30N2O5S2/c1-16-4-5-17(13-20(16)30(25,26)22-7-10-27-11-8-22)21(24)23(18-6-12-29-15-18)14-19-3-2-9-28-19/h4-5,13,18-19H,2-3,6-12,14-15H2,1H3. The third kappa shape index (κ3) is 4.70. The van der Waals surface area contributed by atoms with E-state index in [9.17, 15) is 13.2 Å². The molecule has 0 aliphatic carbocycles. The van der Waals surface area contributed by atoms with Crippen molar-refractivity contribution in [2.45, 2.75) is 43.2 Å². The molecule has 0 saturated carbocycles. The van der Waals surface area contributed by atoms with Crippen LogP contribution in [0.2, 0.25) is 0 Å².